The number of amides is 1. The third-order valence-electron chi connectivity index (χ3n) is 8.65. The summed E-state index contributed by atoms with van der Waals surface area (Å²) in [5, 5.41) is 8.54. The fourth-order valence-corrected chi connectivity index (χ4v) is 6.81. The Morgan fingerprint density at radius 2 is 2.00 bits per heavy atom. The molecule has 3 atom stereocenters. The number of anilines is 1. The highest BCUT2D eigenvalue weighted by Gasteiger charge is 2.53. The molecule has 0 bridgehead atoms. The standard InChI is InChI=1S/C26H34N4O4/c31-22-15-26(10-3-4-11-26)23(33-22)25(32)27-12-9-18-7-8-19-17-30(14-13-29(19)16-18)24-20-5-1-2-6-21(20)34-28-24/h1-2,5-6,18-19,23H,3-4,7-17H2,(H,27,32)/t18-,19-,23-/m0/s1. The monoisotopic (exact) mass is 466 g/mol. The van der Waals surface area contributed by atoms with Gasteiger partial charge in [0, 0.05) is 44.2 Å². The maximum Gasteiger partial charge on any atom is 0.307 e. The van der Waals surface area contributed by atoms with Crippen LogP contribution in [0.5, 0.6) is 0 Å². The number of ether oxygens (including phenoxy) is 1. The molecule has 1 aromatic carbocycles. The largest absolute Gasteiger partial charge is 0.452 e. The van der Waals surface area contributed by atoms with Gasteiger partial charge >= 0.3 is 5.97 Å². The first-order chi connectivity index (χ1) is 16.6. The second-order valence-corrected chi connectivity index (χ2v) is 10.7. The van der Waals surface area contributed by atoms with Gasteiger partial charge < -0.3 is 19.5 Å². The first kappa shape index (κ1) is 21.9. The maximum absolute atomic E-state index is 12.8. The molecule has 3 saturated heterocycles. The zero-order chi connectivity index (χ0) is 23.1. The highest BCUT2D eigenvalue weighted by atomic mass is 16.6. The van der Waals surface area contributed by atoms with Gasteiger partial charge in [0.25, 0.3) is 5.91 Å². The van der Waals surface area contributed by atoms with Crippen LogP contribution in [0.25, 0.3) is 11.0 Å². The Morgan fingerprint density at radius 1 is 1.15 bits per heavy atom. The fraction of sp³-hybridized carbons (Fsp3) is 0.654. The molecule has 6 rings (SSSR count). The van der Waals surface area contributed by atoms with E-state index in [9.17, 15) is 9.59 Å². The quantitative estimate of drug-likeness (QED) is 0.678. The van der Waals surface area contributed by atoms with Crippen LogP contribution >= 0.6 is 0 Å². The van der Waals surface area contributed by atoms with Crippen molar-refractivity contribution in [3.8, 4) is 0 Å². The van der Waals surface area contributed by atoms with E-state index in [4.69, 9.17) is 9.26 Å². The molecule has 3 aliphatic heterocycles. The molecule has 1 N–H and O–H groups in total. The number of carbonyl (C=O) groups is 2. The number of rotatable bonds is 5. The summed E-state index contributed by atoms with van der Waals surface area (Å²) < 4.78 is 11.0. The number of hydrogen-bond acceptors (Lipinski definition) is 7. The van der Waals surface area contributed by atoms with E-state index in [0.717, 1.165) is 81.5 Å². The Bertz CT molecular complexity index is 1060. The number of hydrogen-bond donors (Lipinski definition) is 1. The summed E-state index contributed by atoms with van der Waals surface area (Å²) in [6.45, 7) is 4.69. The summed E-state index contributed by atoms with van der Waals surface area (Å²) in [4.78, 5) is 29.7. The fourth-order valence-electron chi connectivity index (χ4n) is 6.81. The predicted molar refractivity (Wildman–Crippen MR) is 127 cm³/mol. The van der Waals surface area contributed by atoms with Gasteiger partial charge in [0.1, 0.15) is 0 Å². The van der Waals surface area contributed by atoms with E-state index in [-0.39, 0.29) is 17.3 Å². The number of aromatic nitrogens is 1. The van der Waals surface area contributed by atoms with Gasteiger partial charge in [0.2, 0.25) is 0 Å². The highest BCUT2D eigenvalue weighted by Crippen LogP contribution is 2.49. The highest BCUT2D eigenvalue weighted by molar-refractivity contribution is 5.89. The minimum atomic E-state index is -0.584. The molecule has 1 spiro atoms. The molecule has 1 aliphatic carbocycles. The van der Waals surface area contributed by atoms with Crippen molar-refractivity contribution in [2.24, 2.45) is 11.3 Å². The van der Waals surface area contributed by atoms with Gasteiger partial charge in [0.05, 0.1) is 11.8 Å². The number of carbonyl (C=O) groups excluding carboxylic acids is 2. The maximum atomic E-state index is 12.8. The van der Waals surface area contributed by atoms with Crippen LogP contribution in [0.3, 0.4) is 0 Å². The van der Waals surface area contributed by atoms with Gasteiger partial charge in [-0.25, -0.2) is 0 Å². The molecule has 1 amide bonds. The third-order valence-corrected chi connectivity index (χ3v) is 8.65. The lowest BCUT2D eigenvalue weighted by Crippen LogP contribution is -2.56. The zero-order valence-electron chi connectivity index (χ0n) is 19.7. The number of piperazine rings is 1. The molecule has 8 nitrogen and oxygen atoms in total. The molecule has 4 fully saturated rings. The van der Waals surface area contributed by atoms with Crippen molar-refractivity contribution in [1.29, 1.82) is 0 Å². The van der Waals surface area contributed by atoms with Crippen molar-refractivity contribution in [3.05, 3.63) is 24.3 Å². The predicted octanol–water partition coefficient (Wildman–Crippen LogP) is 3.11. The van der Waals surface area contributed by atoms with Gasteiger partial charge in [-0.3, -0.25) is 14.5 Å². The topological polar surface area (TPSA) is 87.9 Å². The number of para-hydroxylation sites is 1. The molecular weight excluding hydrogens is 432 g/mol. The first-order valence-corrected chi connectivity index (χ1v) is 12.9. The SMILES string of the molecule is O=C1CC2(CCCC2)[C@H](C(=O)NCC[C@@H]2CC[C@H]3CN(c4noc5ccccc45)CCN3C2)O1. The molecule has 182 valence electrons. The van der Waals surface area contributed by atoms with Crippen LogP contribution in [0.4, 0.5) is 5.82 Å². The second kappa shape index (κ2) is 8.87. The minimum Gasteiger partial charge on any atom is -0.452 e. The van der Waals surface area contributed by atoms with E-state index >= 15 is 0 Å². The molecule has 1 saturated carbocycles. The molecule has 0 radical (unpaired) electrons. The van der Waals surface area contributed by atoms with Gasteiger partial charge in [-0.05, 0) is 50.2 Å². The smallest absolute Gasteiger partial charge is 0.307 e. The Kier molecular flexibility index (Phi) is 5.71. The van der Waals surface area contributed by atoms with Crippen LogP contribution in [0.2, 0.25) is 0 Å². The molecule has 1 aromatic heterocycles. The average molecular weight is 467 g/mol. The van der Waals surface area contributed by atoms with Crippen LogP contribution < -0.4 is 10.2 Å². The summed E-state index contributed by atoms with van der Waals surface area (Å²) in [5.41, 5.74) is 0.602. The minimum absolute atomic E-state index is 0.0881. The van der Waals surface area contributed by atoms with Crippen LogP contribution in [0, 0.1) is 11.3 Å². The van der Waals surface area contributed by atoms with E-state index in [2.05, 4.69) is 26.3 Å². The van der Waals surface area contributed by atoms with Gasteiger partial charge in [0.15, 0.2) is 17.5 Å². The third kappa shape index (κ3) is 3.96. The summed E-state index contributed by atoms with van der Waals surface area (Å²) >= 11 is 0. The van der Waals surface area contributed by atoms with Crippen LogP contribution in [0.15, 0.2) is 28.8 Å². The molecule has 4 heterocycles. The van der Waals surface area contributed by atoms with Crippen LogP contribution in [-0.2, 0) is 14.3 Å². The summed E-state index contributed by atoms with van der Waals surface area (Å²) in [7, 11) is 0. The van der Waals surface area contributed by atoms with E-state index < -0.39 is 6.10 Å². The zero-order valence-corrected chi connectivity index (χ0v) is 19.7. The molecule has 4 aliphatic rings. The number of cyclic esters (lactones) is 1. The Hall–Kier alpha value is -2.61. The molecule has 34 heavy (non-hydrogen) atoms. The number of esters is 1. The van der Waals surface area contributed by atoms with Crippen LogP contribution in [0.1, 0.15) is 51.4 Å². The van der Waals surface area contributed by atoms with Crippen molar-refractivity contribution in [1.82, 2.24) is 15.4 Å². The van der Waals surface area contributed by atoms with Crippen LogP contribution in [-0.4, -0.2) is 66.8 Å². The Morgan fingerprint density at radius 3 is 2.88 bits per heavy atom. The summed E-state index contributed by atoms with van der Waals surface area (Å²) in [6, 6.07) is 8.60. The molecule has 2 aromatic rings. The van der Waals surface area contributed by atoms with Gasteiger partial charge in [-0.2, -0.15) is 0 Å². The van der Waals surface area contributed by atoms with Gasteiger partial charge in [-0.1, -0.05) is 30.1 Å². The van der Waals surface area contributed by atoms with Crippen molar-refractivity contribution < 1.29 is 18.8 Å². The van der Waals surface area contributed by atoms with Crippen molar-refractivity contribution >= 4 is 28.7 Å². The number of nitrogens with zero attached hydrogens (tertiary/aromatic N) is 3. The number of nitrogens with one attached hydrogen (secondary N) is 1. The van der Waals surface area contributed by atoms with Crippen molar-refractivity contribution in [3.63, 3.8) is 0 Å². The first-order valence-electron chi connectivity index (χ1n) is 12.9. The lowest BCUT2D eigenvalue weighted by atomic mass is 9.79. The molecule has 8 heteroatoms. The lowest BCUT2D eigenvalue weighted by molar-refractivity contribution is -0.150. The lowest BCUT2D eigenvalue weighted by Gasteiger charge is -2.46. The Labute approximate surface area is 199 Å². The average Bonchev–Trinajstić information content (AvgIpc) is 3.57. The molecular formula is C26H34N4O4. The number of piperidine rings is 1. The van der Waals surface area contributed by atoms with E-state index in [1.165, 1.54) is 6.42 Å². The van der Waals surface area contributed by atoms with E-state index in [1.807, 2.05) is 18.2 Å². The summed E-state index contributed by atoms with van der Waals surface area (Å²) in [5.74, 6) is 1.25. The second-order valence-electron chi connectivity index (χ2n) is 10.7. The Balaban J connectivity index is 0.992. The van der Waals surface area contributed by atoms with Crippen molar-refractivity contribution in [2.75, 3.05) is 37.6 Å². The number of fused-ring (bicyclic) bond motifs is 2. The van der Waals surface area contributed by atoms with E-state index in [1.54, 1.807) is 0 Å². The number of benzene rings is 1. The molecule has 0 unspecified atom stereocenters. The normalized spacial score (nSPS) is 28.9. The van der Waals surface area contributed by atoms with Gasteiger partial charge in [-0.15, -0.1) is 0 Å². The van der Waals surface area contributed by atoms with E-state index in [0.29, 0.717) is 24.9 Å². The van der Waals surface area contributed by atoms with Crippen molar-refractivity contribution in [2.45, 2.75) is 63.5 Å². The summed E-state index contributed by atoms with van der Waals surface area (Å²) in [6.07, 6.45) is 7.16.